The van der Waals surface area contributed by atoms with Crippen LogP contribution in [0.15, 0.2) is 6.33 Å². The maximum Gasteiger partial charge on any atom is 0.376 e. The molecular formula is C8H12N4O3. The molecule has 82 valence electrons. The van der Waals surface area contributed by atoms with Crippen LogP contribution in [0.2, 0.25) is 0 Å². The zero-order valence-electron chi connectivity index (χ0n) is 8.56. The zero-order chi connectivity index (χ0) is 11.3. The van der Waals surface area contributed by atoms with Gasteiger partial charge in [-0.15, -0.1) is 10.2 Å². The molecule has 7 heteroatoms. The fraction of sp³-hybridized carbons (Fsp3) is 0.500. The Hall–Kier alpha value is -1.92. The van der Waals surface area contributed by atoms with E-state index in [1.165, 1.54) is 24.9 Å². The number of ether oxygens (including phenoxy) is 1. The van der Waals surface area contributed by atoms with E-state index in [1.807, 2.05) is 0 Å². The van der Waals surface area contributed by atoms with Crippen LogP contribution < -0.4 is 5.32 Å². The van der Waals surface area contributed by atoms with E-state index in [1.54, 1.807) is 0 Å². The number of aromatic nitrogens is 3. The van der Waals surface area contributed by atoms with Gasteiger partial charge in [0.2, 0.25) is 11.7 Å². The summed E-state index contributed by atoms with van der Waals surface area (Å²) in [5.41, 5.74) is 0. The van der Waals surface area contributed by atoms with Crippen LogP contribution >= 0.6 is 0 Å². The van der Waals surface area contributed by atoms with Gasteiger partial charge in [0.15, 0.2) is 0 Å². The molecule has 0 unspecified atom stereocenters. The van der Waals surface area contributed by atoms with E-state index in [0.29, 0.717) is 13.1 Å². The molecule has 0 spiro atoms. The smallest absolute Gasteiger partial charge is 0.376 e. The van der Waals surface area contributed by atoms with Crippen LogP contribution in [-0.2, 0) is 16.1 Å². The highest BCUT2D eigenvalue weighted by atomic mass is 16.5. The molecule has 1 rings (SSSR count). The van der Waals surface area contributed by atoms with Crippen molar-refractivity contribution in [2.45, 2.75) is 13.5 Å². The van der Waals surface area contributed by atoms with E-state index in [-0.39, 0.29) is 11.7 Å². The topological polar surface area (TPSA) is 86.1 Å². The van der Waals surface area contributed by atoms with Crippen LogP contribution in [0.1, 0.15) is 17.5 Å². The Kier molecular flexibility index (Phi) is 3.78. The quantitative estimate of drug-likeness (QED) is 0.660. The third-order valence-corrected chi connectivity index (χ3v) is 1.71. The minimum atomic E-state index is -0.546. The molecule has 0 aliphatic heterocycles. The number of carbonyl (C=O) groups excluding carboxylic acids is 2. The number of hydrogen-bond acceptors (Lipinski definition) is 5. The van der Waals surface area contributed by atoms with Gasteiger partial charge in [-0.05, 0) is 0 Å². The Morgan fingerprint density at radius 1 is 1.60 bits per heavy atom. The highest BCUT2D eigenvalue weighted by Gasteiger charge is 2.13. The van der Waals surface area contributed by atoms with Crippen molar-refractivity contribution in [3.8, 4) is 0 Å². The highest BCUT2D eigenvalue weighted by Crippen LogP contribution is 1.96. The molecule has 1 N–H and O–H groups in total. The lowest BCUT2D eigenvalue weighted by atomic mass is 10.5. The first-order valence-electron chi connectivity index (χ1n) is 4.35. The Balaban J connectivity index is 2.57. The van der Waals surface area contributed by atoms with Gasteiger partial charge in [-0.3, -0.25) is 4.79 Å². The van der Waals surface area contributed by atoms with Gasteiger partial charge in [-0.25, -0.2) is 4.79 Å². The van der Waals surface area contributed by atoms with Gasteiger partial charge in [-0.1, -0.05) is 0 Å². The van der Waals surface area contributed by atoms with Gasteiger partial charge in [0.25, 0.3) is 0 Å². The zero-order valence-corrected chi connectivity index (χ0v) is 8.56. The highest BCUT2D eigenvalue weighted by molar-refractivity contribution is 5.85. The number of nitrogens with one attached hydrogen (secondary N) is 1. The Labute approximate surface area is 86.4 Å². The molecule has 0 radical (unpaired) electrons. The Morgan fingerprint density at radius 3 is 2.93 bits per heavy atom. The van der Waals surface area contributed by atoms with E-state index < -0.39 is 5.97 Å². The van der Waals surface area contributed by atoms with Gasteiger partial charge in [0.1, 0.15) is 6.33 Å². The molecular weight excluding hydrogens is 200 g/mol. The molecule has 0 saturated carbocycles. The fourth-order valence-electron chi connectivity index (χ4n) is 1.02. The maximum absolute atomic E-state index is 11.2. The van der Waals surface area contributed by atoms with Crippen molar-refractivity contribution in [1.82, 2.24) is 20.1 Å². The van der Waals surface area contributed by atoms with E-state index in [0.717, 1.165) is 0 Å². The van der Waals surface area contributed by atoms with Crippen molar-refractivity contribution in [1.29, 1.82) is 0 Å². The summed E-state index contributed by atoms with van der Waals surface area (Å²) in [6.07, 6.45) is 1.41. The average molecular weight is 212 g/mol. The Morgan fingerprint density at radius 2 is 2.33 bits per heavy atom. The minimum Gasteiger partial charge on any atom is -0.463 e. The summed E-state index contributed by atoms with van der Waals surface area (Å²) < 4.78 is 6.03. The SMILES string of the molecule is COC(=O)c1nncn1CCNC(C)=O. The fourth-order valence-corrected chi connectivity index (χ4v) is 1.02. The third-order valence-electron chi connectivity index (χ3n) is 1.71. The lowest BCUT2D eigenvalue weighted by Gasteiger charge is -2.05. The second-order valence-corrected chi connectivity index (χ2v) is 2.82. The number of carbonyl (C=O) groups is 2. The molecule has 0 aromatic carbocycles. The first-order valence-corrected chi connectivity index (χ1v) is 4.35. The molecule has 15 heavy (non-hydrogen) atoms. The summed E-state index contributed by atoms with van der Waals surface area (Å²) in [7, 11) is 1.27. The molecule has 1 aromatic heterocycles. The molecule has 0 saturated heterocycles. The first kappa shape index (κ1) is 11.2. The van der Waals surface area contributed by atoms with Crippen LogP contribution in [0.4, 0.5) is 0 Å². The van der Waals surface area contributed by atoms with Crippen molar-refractivity contribution in [2.24, 2.45) is 0 Å². The minimum absolute atomic E-state index is 0.123. The molecule has 1 heterocycles. The summed E-state index contributed by atoms with van der Waals surface area (Å²) in [5.74, 6) is -0.541. The second kappa shape index (κ2) is 5.08. The average Bonchev–Trinajstić information content (AvgIpc) is 2.64. The lowest BCUT2D eigenvalue weighted by molar-refractivity contribution is -0.118. The van der Waals surface area contributed by atoms with E-state index >= 15 is 0 Å². The van der Waals surface area contributed by atoms with Gasteiger partial charge in [0, 0.05) is 20.0 Å². The van der Waals surface area contributed by atoms with Crippen LogP contribution in [0.3, 0.4) is 0 Å². The van der Waals surface area contributed by atoms with Crippen molar-refractivity contribution in [3.63, 3.8) is 0 Å². The van der Waals surface area contributed by atoms with Gasteiger partial charge < -0.3 is 14.6 Å². The summed E-state index contributed by atoms with van der Waals surface area (Å²) in [5, 5.41) is 9.80. The van der Waals surface area contributed by atoms with Crippen LogP contribution in [-0.4, -0.2) is 40.3 Å². The Bertz CT molecular complexity index is 361. The molecule has 1 amide bonds. The number of methoxy groups -OCH3 is 1. The second-order valence-electron chi connectivity index (χ2n) is 2.82. The maximum atomic E-state index is 11.2. The monoisotopic (exact) mass is 212 g/mol. The predicted octanol–water partition coefficient (Wildman–Crippen LogP) is -0.799. The standard InChI is InChI=1S/C8H12N4O3/c1-6(13)9-3-4-12-5-10-11-7(12)8(14)15-2/h5H,3-4H2,1-2H3,(H,9,13). The third kappa shape index (κ3) is 3.04. The number of rotatable bonds is 4. The van der Waals surface area contributed by atoms with Gasteiger partial charge >= 0.3 is 5.97 Å². The largest absolute Gasteiger partial charge is 0.463 e. The van der Waals surface area contributed by atoms with Gasteiger partial charge in [-0.2, -0.15) is 0 Å². The predicted molar refractivity (Wildman–Crippen MR) is 50.0 cm³/mol. The molecule has 0 aliphatic carbocycles. The summed E-state index contributed by atoms with van der Waals surface area (Å²) >= 11 is 0. The molecule has 0 fully saturated rings. The number of hydrogen-bond donors (Lipinski definition) is 1. The summed E-state index contributed by atoms with van der Waals surface area (Å²) in [6, 6.07) is 0. The number of amides is 1. The van der Waals surface area contributed by atoms with E-state index in [4.69, 9.17) is 0 Å². The number of nitrogens with zero attached hydrogens (tertiary/aromatic N) is 3. The first-order chi connectivity index (χ1) is 7.15. The molecule has 0 aliphatic rings. The van der Waals surface area contributed by atoms with E-state index in [2.05, 4.69) is 20.3 Å². The van der Waals surface area contributed by atoms with Crippen molar-refractivity contribution >= 4 is 11.9 Å². The van der Waals surface area contributed by atoms with Crippen molar-refractivity contribution < 1.29 is 14.3 Å². The molecule has 0 atom stereocenters. The molecule has 7 nitrogen and oxygen atoms in total. The van der Waals surface area contributed by atoms with Crippen LogP contribution in [0.25, 0.3) is 0 Å². The summed E-state index contributed by atoms with van der Waals surface area (Å²) in [4.78, 5) is 21.8. The van der Waals surface area contributed by atoms with Crippen LogP contribution in [0.5, 0.6) is 0 Å². The summed E-state index contributed by atoms with van der Waals surface area (Å²) in [6.45, 7) is 2.27. The number of esters is 1. The van der Waals surface area contributed by atoms with Crippen molar-refractivity contribution in [2.75, 3.05) is 13.7 Å². The van der Waals surface area contributed by atoms with Crippen LogP contribution in [0, 0.1) is 0 Å². The molecule has 0 bridgehead atoms. The lowest BCUT2D eigenvalue weighted by Crippen LogP contribution is -2.25. The normalized spacial score (nSPS) is 9.73. The van der Waals surface area contributed by atoms with E-state index in [9.17, 15) is 9.59 Å². The van der Waals surface area contributed by atoms with Gasteiger partial charge in [0.05, 0.1) is 7.11 Å². The van der Waals surface area contributed by atoms with Crippen molar-refractivity contribution in [3.05, 3.63) is 12.2 Å². The molecule has 1 aromatic rings.